The first-order valence-corrected chi connectivity index (χ1v) is 6.52. The second kappa shape index (κ2) is 4.42. The van der Waals surface area contributed by atoms with Gasteiger partial charge in [-0.3, -0.25) is 0 Å². The summed E-state index contributed by atoms with van der Waals surface area (Å²) in [6, 6.07) is 0. The Morgan fingerprint density at radius 3 is 2.53 bits per heavy atom. The minimum Gasteiger partial charge on any atom is -0.376 e. The summed E-state index contributed by atoms with van der Waals surface area (Å²) in [7, 11) is 0. The van der Waals surface area contributed by atoms with E-state index in [1.54, 1.807) is 0 Å². The molecule has 2 saturated heterocycles. The molecule has 1 N–H and O–H groups in total. The molecule has 2 fully saturated rings. The fourth-order valence-corrected chi connectivity index (χ4v) is 3.87. The fraction of sp³-hybridized carbons (Fsp3) is 1.00. The Morgan fingerprint density at radius 1 is 1.27 bits per heavy atom. The standard InChI is InChI=1S/C13H25NO/c1-4-12-9-14-6-5-13(12)7-10(2)15-11(3)8-13/h10-12,14H,4-9H2,1-3H3. The molecule has 0 aromatic heterocycles. The molecule has 88 valence electrons. The lowest BCUT2D eigenvalue weighted by Gasteiger charge is -2.50. The van der Waals surface area contributed by atoms with Gasteiger partial charge < -0.3 is 10.1 Å². The van der Waals surface area contributed by atoms with Gasteiger partial charge in [0, 0.05) is 0 Å². The van der Waals surface area contributed by atoms with Crippen LogP contribution in [0.2, 0.25) is 0 Å². The first kappa shape index (κ1) is 11.4. The third kappa shape index (κ3) is 2.21. The largest absolute Gasteiger partial charge is 0.376 e. The summed E-state index contributed by atoms with van der Waals surface area (Å²) in [5.74, 6) is 0.861. The van der Waals surface area contributed by atoms with Crippen LogP contribution in [0, 0.1) is 11.3 Å². The Balaban J connectivity index is 2.13. The third-order valence-corrected chi connectivity index (χ3v) is 4.40. The van der Waals surface area contributed by atoms with Crippen molar-refractivity contribution < 1.29 is 4.74 Å². The molecule has 1 spiro atoms. The van der Waals surface area contributed by atoms with E-state index in [0.29, 0.717) is 17.6 Å². The molecular weight excluding hydrogens is 186 g/mol. The topological polar surface area (TPSA) is 21.3 Å². The molecule has 3 unspecified atom stereocenters. The van der Waals surface area contributed by atoms with Crippen LogP contribution in [-0.2, 0) is 4.74 Å². The highest BCUT2D eigenvalue weighted by atomic mass is 16.5. The summed E-state index contributed by atoms with van der Waals surface area (Å²) in [5.41, 5.74) is 0.580. The monoisotopic (exact) mass is 211 g/mol. The van der Waals surface area contributed by atoms with Gasteiger partial charge in [0.1, 0.15) is 0 Å². The van der Waals surface area contributed by atoms with Crippen LogP contribution in [0.5, 0.6) is 0 Å². The molecule has 15 heavy (non-hydrogen) atoms. The average molecular weight is 211 g/mol. The minimum atomic E-state index is 0.459. The SMILES string of the molecule is CCC1CNCCC12CC(C)OC(C)C2. The highest BCUT2D eigenvalue weighted by Gasteiger charge is 2.44. The quantitative estimate of drug-likeness (QED) is 0.720. The van der Waals surface area contributed by atoms with E-state index in [4.69, 9.17) is 4.74 Å². The molecule has 0 radical (unpaired) electrons. The van der Waals surface area contributed by atoms with Crippen molar-refractivity contribution in [2.75, 3.05) is 13.1 Å². The first-order chi connectivity index (χ1) is 7.16. The molecule has 0 aromatic rings. The zero-order valence-corrected chi connectivity index (χ0v) is 10.4. The maximum absolute atomic E-state index is 5.89. The molecule has 0 bridgehead atoms. The number of rotatable bonds is 1. The molecule has 2 heteroatoms. The van der Waals surface area contributed by atoms with E-state index in [1.165, 1.54) is 38.8 Å². The van der Waals surface area contributed by atoms with E-state index in [2.05, 4.69) is 26.1 Å². The Hall–Kier alpha value is -0.0800. The van der Waals surface area contributed by atoms with Crippen LogP contribution in [0.15, 0.2) is 0 Å². The zero-order valence-electron chi connectivity index (χ0n) is 10.4. The summed E-state index contributed by atoms with van der Waals surface area (Å²) < 4.78 is 5.89. The van der Waals surface area contributed by atoms with Crippen molar-refractivity contribution in [3.63, 3.8) is 0 Å². The van der Waals surface area contributed by atoms with E-state index < -0.39 is 0 Å². The van der Waals surface area contributed by atoms with E-state index in [-0.39, 0.29) is 0 Å². The van der Waals surface area contributed by atoms with Gasteiger partial charge in [0.2, 0.25) is 0 Å². The van der Waals surface area contributed by atoms with E-state index >= 15 is 0 Å². The van der Waals surface area contributed by atoms with Crippen LogP contribution in [0.4, 0.5) is 0 Å². The number of hydrogen-bond acceptors (Lipinski definition) is 2. The van der Waals surface area contributed by atoms with Crippen LogP contribution in [-0.4, -0.2) is 25.3 Å². The fourth-order valence-electron chi connectivity index (χ4n) is 3.87. The summed E-state index contributed by atoms with van der Waals surface area (Å²) >= 11 is 0. The molecule has 2 rings (SSSR count). The normalized spacial score (nSPS) is 47.0. The van der Waals surface area contributed by atoms with Crippen molar-refractivity contribution in [3.05, 3.63) is 0 Å². The minimum absolute atomic E-state index is 0.459. The van der Waals surface area contributed by atoms with Gasteiger partial charge in [-0.2, -0.15) is 0 Å². The van der Waals surface area contributed by atoms with Crippen molar-refractivity contribution in [1.29, 1.82) is 0 Å². The van der Waals surface area contributed by atoms with Crippen molar-refractivity contribution in [2.45, 2.75) is 58.7 Å². The molecule has 0 amide bonds. The number of piperidine rings is 1. The van der Waals surface area contributed by atoms with Crippen LogP contribution in [0.1, 0.15) is 46.5 Å². The molecule has 2 heterocycles. The molecule has 2 aliphatic rings. The Bertz CT molecular complexity index is 207. The van der Waals surface area contributed by atoms with E-state index in [1.807, 2.05) is 0 Å². The maximum Gasteiger partial charge on any atom is 0.0556 e. The molecule has 0 aromatic carbocycles. The van der Waals surface area contributed by atoms with Gasteiger partial charge in [-0.25, -0.2) is 0 Å². The van der Waals surface area contributed by atoms with Crippen LogP contribution >= 0.6 is 0 Å². The first-order valence-electron chi connectivity index (χ1n) is 6.52. The molecule has 0 aliphatic carbocycles. The molecular formula is C13H25NO. The Labute approximate surface area is 93.8 Å². The van der Waals surface area contributed by atoms with Crippen molar-refractivity contribution >= 4 is 0 Å². The van der Waals surface area contributed by atoms with E-state index in [0.717, 1.165) is 5.92 Å². The molecule has 0 saturated carbocycles. The molecule has 2 nitrogen and oxygen atoms in total. The van der Waals surface area contributed by atoms with Gasteiger partial charge >= 0.3 is 0 Å². The van der Waals surface area contributed by atoms with Crippen molar-refractivity contribution in [2.24, 2.45) is 11.3 Å². The lowest BCUT2D eigenvalue weighted by molar-refractivity contribution is -0.116. The van der Waals surface area contributed by atoms with Gasteiger partial charge in [-0.05, 0) is 57.5 Å². The lowest BCUT2D eigenvalue weighted by Crippen LogP contribution is -2.50. The van der Waals surface area contributed by atoms with Crippen LogP contribution in [0.3, 0.4) is 0 Å². The zero-order chi connectivity index (χ0) is 10.9. The summed E-state index contributed by atoms with van der Waals surface area (Å²) in [5, 5.41) is 3.55. The number of hydrogen-bond donors (Lipinski definition) is 1. The van der Waals surface area contributed by atoms with Gasteiger partial charge in [0.25, 0.3) is 0 Å². The molecule has 2 aliphatic heterocycles. The highest BCUT2D eigenvalue weighted by molar-refractivity contribution is 4.95. The van der Waals surface area contributed by atoms with Gasteiger partial charge in [-0.1, -0.05) is 13.3 Å². The maximum atomic E-state index is 5.89. The lowest BCUT2D eigenvalue weighted by atomic mass is 9.62. The van der Waals surface area contributed by atoms with Crippen LogP contribution < -0.4 is 5.32 Å². The molecule has 3 atom stereocenters. The van der Waals surface area contributed by atoms with Crippen molar-refractivity contribution in [1.82, 2.24) is 5.32 Å². The Morgan fingerprint density at radius 2 is 1.93 bits per heavy atom. The smallest absolute Gasteiger partial charge is 0.0556 e. The van der Waals surface area contributed by atoms with Gasteiger partial charge in [-0.15, -0.1) is 0 Å². The number of ether oxygens (including phenoxy) is 1. The second-order valence-corrected chi connectivity index (χ2v) is 5.59. The predicted molar refractivity (Wildman–Crippen MR) is 62.9 cm³/mol. The summed E-state index contributed by atoms with van der Waals surface area (Å²) in [6.45, 7) is 9.24. The Kier molecular flexibility index (Phi) is 3.36. The van der Waals surface area contributed by atoms with Crippen LogP contribution in [0.25, 0.3) is 0 Å². The van der Waals surface area contributed by atoms with E-state index in [9.17, 15) is 0 Å². The highest BCUT2D eigenvalue weighted by Crippen LogP contribution is 2.47. The summed E-state index contributed by atoms with van der Waals surface area (Å²) in [4.78, 5) is 0. The van der Waals surface area contributed by atoms with Crippen molar-refractivity contribution in [3.8, 4) is 0 Å². The van der Waals surface area contributed by atoms with Gasteiger partial charge in [0.05, 0.1) is 12.2 Å². The average Bonchev–Trinajstić information content (AvgIpc) is 2.16. The van der Waals surface area contributed by atoms with Gasteiger partial charge in [0.15, 0.2) is 0 Å². The summed E-state index contributed by atoms with van der Waals surface area (Å²) in [6.07, 6.45) is 6.13. The number of nitrogens with one attached hydrogen (secondary N) is 1. The second-order valence-electron chi connectivity index (χ2n) is 5.59. The third-order valence-electron chi connectivity index (χ3n) is 4.40. The predicted octanol–water partition coefficient (Wildman–Crippen LogP) is 2.58.